The highest BCUT2D eigenvalue weighted by Crippen LogP contribution is 2.66. The van der Waals surface area contributed by atoms with Crippen LogP contribution in [0.4, 0.5) is 17.1 Å². The Kier molecular flexibility index (Phi) is 7.92. The number of hydrogen-bond acceptors (Lipinski definition) is 3. The summed E-state index contributed by atoms with van der Waals surface area (Å²) in [6, 6.07) is 91.0. The Balaban J connectivity index is 1.02. The summed E-state index contributed by atoms with van der Waals surface area (Å²) in [6.45, 7) is 0. The van der Waals surface area contributed by atoms with Crippen molar-refractivity contribution in [2.75, 3.05) is 4.90 Å². The van der Waals surface area contributed by atoms with Gasteiger partial charge in [-0.05, 0) is 116 Å². The highest BCUT2D eigenvalue weighted by Gasteiger charge is 2.53. The molecule has 0 fully saturated rings. The monoisotopic (exact) mass is 879 g/mol. The van der Waals surface area contributed by atoms with Gasteiger partial charge < -0.3 is 14.4 Å². The molecule has 0 N–H and O–H groups in total. The zero-order valence-corrected chi connectivity index (χ0v) is 37.4. The predicted molar refractivity (Wildman–Crippen MR) is 279 cm³/mol. The molecule has 4 aliphatic rings. The molecule has 0 unspecified atom stereocenters. The molecule has 2 aliphatic carbocycles. The molecule has 2 spiro atoms. The molecular formula is C66H41NO2. The van der Waals surface area contributed by atoms with E-state index < -0.39 is 10.8 Å². The maximum Gasteiger partial charge on any atom is 0.132 e. The molecule has 0 amide bonds. The van der Waals surface area contributed by atoms with E-state index in [0.717, 1.165) is 62.3 Å². The van der Waals surface area contributed by atoms with Gasteiger partial charge in [-0.15, -0.1) is 0 Å². The zero-order valence-electron chi connectivity index (χ0n) is 37.4. The van der Waals surface area contributed by atoms with Gasteiger partial charge in [0.15, 0.2) is 0 Å². The number of benzene rings is 11. The Labute approximate surface area is 400 Å². The van der Waals surface area contributed by atoms with Gasteiger partial charge in [0.1, 0.15) is 23.0 Å². The molecule has 2 heterocycles. The summed E-state index contributed by atoms with van der Waals surface area (Å²) in [4.78, 5) is 2.52. The standard InChI is InChI=1S/C66H41NO2/c1-2-18-42(19-3-1)43-36-38-45(39-37-43)67(59-31-17-29-56-64(59)47-22-5-7-24-51(47)65(56)52-25-8-12-32-60(52)68-61-33-13-9-26-53(61)65)58-30-16-20-44-40-57-49(41-48(44)58)46-21-4-6-23-50(46)66(57)54-27-10-14-34-62(54)69-63-35-15-11-28-55(63)66/h1-41H. The van der Waals surface area contributed by atoms with Crippen LogP contribution in [0.15, 0.2) is 249 Å². The van der Waals surface area contributed by atoms with Crippen LogP contribution < -0.4 is 14.4 Å². The lowest BCUT2D eigenvalue weighted by Gasteiger charge is -2.39. The topological polar surface area (TPSA) is 21.7 Å². The molecule has 69 heavy (non-hydrogen) atoms. The number of hydrogen-bond donors (Lipinski definition) is 0. The smallest absolute Gasteiger partial charge is 0.132 e. The Morgan fingerprint density at radius 2 is 0.739 bits per heavy atom. The highest BCUT2D eigenvalue weighted by molar-refractivity contribution is 6.07. The summed E-state index contributed by atoms with van der Waals surface area (Å²) in [5.74, 6) is 3.55. The fourth-order valence-electron chi connectivity index (χ4n) is 12.7. The van der Waals surface area contributed by atoms with Gasteiger partial charge in [0.05, 0.1) is 22.2 Å². The first-order valence-electron chi connectivity index (χ1n) is 23.8. The summed E-state index contributed by atoms with van der Waals surface area (Å²) in [5, 5.41) is 2.34. The Hall–Kier alpha value is -8.92. The second-order valence-electron chi connectivity index (χ2n) is 18.6. The maximum atomic E-state index is 6.73. The van der Waals surface area contributed by atoms with Gasteiger partial charge in [-0.2, -0.15) is 0 Å². The summed E-state index contributed by atoms with van der Waals surface area (Å²) in [7, 11) is 0. The van der Waals surface area contributed by atoms with Gasteiger partial charge in [-0.25, -0.2) is 0 Å². The number of rotatable bonds is 4. The maximum absolute atomic E-state index is 6.73. The highest BCUT2D eigenvalue weighted by atomic mass is 16.5. The minimum Gasteiger partial charge on any atom is -0.457 e. The minimum atomic E-state index is -0.607. The summed E-state index contributed by atoms with van der Waals surface area (Å²) in [6.07, 6.45) is 0. The van der Waals surface area contributed by atoms with Gasteiger partial charge >= 0.3 is 0 Å². The number of anilines is 3. The lowest BCUT2D eigenvalue weighted by atomic mass is 9.66. The molecule has 0 aromatic heterocycles. The Morgan fingerprint density at radius 1 is 0.290 bits per heavy atom. The van der Waals surface area contributed by atoms with E-state index >= 15 is 0 Å². The first-order valence-corrected chi connectivity index (χ1v) is 23.8. The predicted octanol–water partition coefficient (Wildman–Crippen LogP) is 16.9. The SMILES string of the molecule is c1ccc(-c2ccc(N(c3cccc4c3-c3ccccc3C43c4ccccc4Oc4ccccc43)c3cccc4cc5c(cc34)-c3ccccc3C53c4ccccc4Oc4ccccc43)cc2)cc1. The molecule has 322 valence electrons. The van der Waals surface area contributed by atoms with Crippen LogP contribution in [-0.4, -0.2) is 0 Å². The van der Waals surface area contributed by atoms with Crippen LogP contribution >= 0.6 is 0 Å². The molecule has 0 radical (unpaired) electrons. The summed E-state index contributed by atoms with van der Waals surface area (Å²) < 4.78 is 13.4. The van der Waals surface area contributed by atoms with Crippen molar-refractivity contribution in [1.29, 1.82) is 0 Å². The summed E-state index contributed by atoms with van der Waals surface area (Å²) in [5.41, 5.74) is 19.0. The normalized spacial score (nSPS) is 14.3. The molecule has 11 aromatic rings. The molecule has 15 rings (SSSR count). The minimum absolute atomic E-state index is 0.566. The van der Waals surface area contributed by atoms with Crippen LogP contribution in [0.2, 0.25) is 0 Å². The van der Waals surface area contributed by atoms with Crippen molar-refractivity contribution in [3.05, 3.63) is 293 Å². The molecule has 2 aliphatic heterocycles. The molecule has 0 atom stereocenters. The fourth-order valence-corrected chi connectivity index (χ4v) is 12.7. The van der Waals surface area contributed by atoms with Crippen LogP contribution in [-0.2, 0) is 10.8 Å². The number of ether oxygens (including phenoxy) is 2. The van der Waals surface area contributed by atoms with Crippen molar-refractivity contribution in [2.45, 2.75) is 10.8 Å². The van der Waals surface area contributed by atoms with E-state index in [1.807, 2.05) is 0 Å². The van der Waals surface area contributed by atoms with Gasteiger partial charge in [0.2, 0.25) is 0 Å². The van der Waals surface area contributed by atoms with Crippen LogP contribution in [0.1, 0.15) is 44.5 Å². The third kappa shape index (κ3) is 5.06. The third-order valence-electron chi connectivity index (χ3n) is 15.4. The van der Waals surface area contributed by atoms with Crippen LogP contribution in [0.3, 0.4) is 0 Å². The van der Waals surface area contributed by atoms with E-state index in [9.17, 15) is 0 Å². The van der Waals surface area contributed by atoms with E-state index in [2.05, 4.69) is 254 Å². The molecule has 3 heteroatoms. The first-order chi connectivity index (χ1) is 34.2. The molecule has 11 aromatic carbocycles. The molecular weight excluding hydrogens is 839 g/mol. The van der Waals surface area contributed by atoms with E-state index in [1.165, 1.54) is 66.4 Å². The lowest BCUT2D eigenvalue weighted by Crippen LogP contribution is -2.32. The van der Waals surface area contributed by atoms with Crippen molar-refractivity contribution in [3.63, 3.8) is 0 Å². The van der Waals surface area contributed by atoms with Crippen molar-refractivity contribution in [1.82, 2.24) is 0 Å². The Bertz CT molecular complexity index is 3830. The van der Waals surface area contributed by atoms with E-state index in [0.29, 0.717) is 0 Å². The number of fused-ring (bicyclic) bond motifs is 19. The average molecular weight is 880 g/mol. The van der Waals surface area contributed by atoms with Crippen molar-refractivity contribution in [2.24, 2.45) is 0 Å². The van der Waals surface area contributed by atoms with Crippen molar-refractivity contribution >= 4 is 27.8 Å². The number of para-hydroxylation sites is 4. The molecule has 3 nitrogen and oxygen atoms in total. The van der Waals surface area contributed by atoms with Gasteiger partial charge in [-0.1, -0.05) is 188 Å². The zero-order chi connectivity index (χ0) is 45.3. The van der Waals surface area contributed by atoms with Crippen LogP contribution in [0.25, 0.3) is 44.2 Å². The van der Waals surface area contributed by atoms with Crippen LogP contribution in [0, 0.1) is 0 Å². The largest absolute Gasteiger partial charge is 0.457 e. The number of nitrogens with zero attached hydrogens (tertiary/aromatic N) is 1. The van der Waals surface area contributed by atoms with E-state index in [-0.39, 0.29) is 0 Å². The average Bonchev–Trinajstić information content (AvgIpc) is 3.87. The lowest BCUT2D eigenvalue weighted by molar-refractivity contribution is 0.436. The second kappa shape index (κ2) is 14.3. The van der Waals surface area contributed by atoms with Gasteiger partial charge in [-0.3, -0.25) is 0 Å². The fraction of sp³-hybridized carbons (Fsp3) is 0.0303. The Morgan fingerprint density at radius 3 is 1.35 bits per heavy atom. The summed E-state index contributed by atoms with van der Waals surface area (Å²) >= 11 is 0. The second-order valence-corrected chi connectivity index (χ2v) is 18.6. The van der Waals surface area contributed by atoms with E-state index in [4.69, 9.17) is 9.47 Å². The van der Waals surface area contributed by atoms with Crippen LogP contribution in [0.5, 0.6) is 23.0 Å². The first kappa shape index (κ1) is 38.2. The van der Waals surface area contributed by atoms with Gasteiger partial charge in [0.25, 0.3) is 0 Å². The van der Waals surface area contributed by atoms with Gasteiger partial charge in [0, 0.05) is 38.9 Å². The van der Waals surface area contributed by atoms with Crippen molar-refractivity contribution in [3.8, 4) is 56.4 Å². The molecule has 0 saturated heterocycles. The molecule has 0 saturated carbocycles. The third-order valence-corrected chi connectivity index (χ3v) is 15.4. The van der Waals surface area contributed by atoms with Crippen molar-refractivity contribution < 1.29 is 9.47 Å². The quantitative estimate of drug-likeness (QED) is 0.176. The van der Waals surface area contributed by atoms with E-state index in [1.54, 1.807) is 0 Å². The molecule has 0 bridgehead atoms.